The average Bonchev–Trinajstić information content (AvgIpc) is 2.84. The number of benzene rings is 2. The summed E-state index contributed by atoms with van der Waals surface area (Å²) in [5, 5.41) is 4.13. The quantitative estimate of drug-likeness (QED) is 0.388. The van der Waals surface area contributed by atoms with Crippen molar-refractivity contribution in [2.45, 2.75) is 64.1 Å². The molecule has 0 bridgehead atoms. The van der Waals surface area contributed by atoms with Gasteiger partial charge in [0.25, 0.3) is 0 Å². The number of hydrogen-bond acceptors (Lipinski definition) is 4. The fraction of sp³-hybridized carbons (Fsp3) is 0.462. The standard InChI is InChI=1S/C26H32Cl3N3O4S/c1-3-24(26(34)30-20-9-5-4-6-10-20)31(16-18-12-13-22(28)23(29)14-18)25(33)17-32(37(2,35)36)21-11-7-8-19(27)15-21/h7-8,11-15,20,24H,3-6,9-10,16-17H2,1-2H3,(H,30,34). The summed E-state index contributed by atoms with van der Waals surface area (Å²) in [6, 6.07) is 10.5. The van der Waals surface area contributed by atoms with Crippen LogP contribution in [0, 0.1) is 0 Å². The van der Waals surface area contributed by atoms with Crippen LogP contribution in [0.2, 0.25) is 15.1 Å². The zero-order valence-corrected chi connectivity index (χ0v) is 24.0. The minimum atomic E-state index is -3.84. The Labute approximate surface area is 234 Å². The Bertz CT molecular complexity index is 1220. The molecule has 2 amide bonds. The lowest BCUT2D eigenvalue weighted by Crippen LogP contribution is -2.53. The van der Waals surface area contributed by atoms with Gasteiger partial charge in [0.1, 0.15) is 12.6 Å². The topological polar surface area (TPSA) is 86.8 Å². The molecule has 0 saturated heterocycles. The summed E-state index contributed by atoms with van der Waals surface area (Å²) in [4.78, 5) is 28.6. The van der Waals surface area contributed by atoms with Crippen molar-refractivity contribution in [3.05, 3.63) is 63.1 Å². The molecule has 37 heavy (non-hydrogen) atoms. The van der Waals surface area contributed by atoms with Gasteiger partial charge >= 0.3 is 0 Å². The molecule has 0 aromatic heterocycles. The van der Waals surface area contributed by atoms with Crippen LogP contribution in [-0.4, -0.2) is 50.0 Å². The first-order valence-electron chi connectivity index (χ1n) is 12.3. The van der Waals surface area contributed by atoms with E-state index in [1.165, 1.54) is 11.0 Å². The summed E-state index contributed by atoms with van der Waals surface area (Å²) in [5.41, 5.74) is 0.929. The van der Waals surface area contributed by atoms with Gasteiger partial charge < -0.3 is 10.2 Å². The maximum atomic E-state index is 13.8. The van der Waals surface area contributed by atoms with Crippen LogP contribution in [0.4, 0.5) is 5.69 Å². The summed E-state index contributed by atoms with van der Waals surface area (Å²) in [7, 11) is -3.84. The lowest BCUT2D eigenvalue weighted by atomic mass is 9.95. The van der Waals surface area contributed by atoms with E-state index in [9.17, 15) is 18.0 Å². The van der Waals surface area contributed by atoms with E-state index in [1.807, 2.05) is 6.92 Å². The molecule has 2 aromatic rings. The van der Waals surface area contributed by atoms with Crippen LogP contribution in [0.15, 0.2) is 42.5 Å². The normalized spacial score (nSPS) is 15.2. The number of amides is 2. The Morgan fingerprint density at radius 3 is 2.32 bits per heavy atom. The van der Waals surface area contributed by atoms with E-state index in [1.54, 1.807) is 36.4 Å². The number of nitrogens with one attached hydrogen (secondary N) is 1. The molecule has 1 aliphatic rings. The second-order valence-electron chi connectivity index (χ2n) is 9.29. The lowest BCUT2D eigenvalue weighted by molar-refractivity contribution is -0.140. The van der Waals surface area contributed by atoms with Crippen LogP contribution >= 0.6 is 34.8 Å². The summed E-state index contributed by atoms with van der Waals surface area (Å²) in [5.74, 6) is -0.779. The van der Waals surface area contributed by atoms with Gasteiger partial charge in [-0.2, -0.15) is 0 Å². The van der Waals surface area contributed by atoms with Gasteiger partial charge in [0.2, 0.25) is 21.8 Å². The van der Waals surface area contributed by atoms with Gasteiger partial charge in [-0.1, -0.05) is 73.1 Å². The third-order valence-corrected chi connectivity index (χ3v) is 8.56. The van der Waals surface area contributed by atoms with Crippen molar-refractivity contribution in [3.63, 3.8) is 0 Å². The molecule has 1 N–H and O–H groups in total. The van der Waals surface area contributed by atoms with Crippen molar-refractivity contribution < 1.29 is 18.0 Å². The SMILES string of the molecule is CCC(C(=O)NC1CCCCC1)N(Cc1ccc(Cl)c(Cl)c1)C(=O)CN(c1cccc(Cl)c1)S(C)(=O)=O. The number of nitrogens with zero attached hydrogens (tertiary/aromatic N) is 2. The van der Waals surface area contributed by atoms with Gasteiger partial charge in [0.15, 0.2) is 0 Å². The van der Waals surface area contributed by atoms with Gasteiger partial charge in [0.05, 0.1) is 22.0 Å². The molecule has 1 atom stereocenters. The van der Waals surface area contributed by atoms with Gasteiger partial charge in [-0.15, -0.1) is 0 Å². The van der Waals surface area contributed by atoms with E-state index in [4.69, 9.17) is 34.8 Å². The van der Waals surface area contributed by atoms with Crippen molar-refractivity contribution in [1.29, 1.82) is 0 Å². The van der Waals surface area contributed by atoms with E-state index in [0.717, 1.165) is 42.7 Å². The smallest absolute Gasteiger partial charge is 0.244 e. The molecule has 0 heterocycles. The molecule has 202 valence electrons. The molecule has 1 aliphatic carbocycles. The first-order chi connectivity index (χ1) is 17.5. The summed E-state index contributed by atoms with van der Waals surface area (Å²) < 4.78 is 26.4. The Morgan fingerprint density at radius 2 is 1.73 bits per heavy atom. The second kappa shape index (κ2) is 13.2. The van der Waals surface area contributed by atoms with E-state index in [-0.39, 0.29) is 24.2 Å². The number of anilines is 1. The second-order valence-corrected chi connectivity index (χ2v) is 12.4. The fourth-order valence-corrected chi connectivity index (χ4v) is 5.89. The average molecular weight is 589 g/mol. The van der Waals surface area contributed by atoms with Crippen molar-refractivity contribution in [3.8, 4) is 0 Å². The first-order valence-corrected chi connectivity index (χ1v) is 15.2. The van der Waals surface area contributed by atoms with Gasteiger partial charge in [-0.25, -0.2) is 8.42 Å². The highest BCUT2D eigenvalue weighted by molar-refractivity contribution is 7.92. The fourth-order valence-electron chi connectivity index (χ4n) is 4.54. The zero-order chi connectivity index (χ0) is 27.2. The molecule has 1 unspecified atom stereocenters. The molecular weight excluding hydrogens is 557 g/mol. The Kier molecular flexibility index (Phi) is 10.5. The molecule has 11 heteroatoms. The van der Waals surface area contributed by atoms with E-state index in [0.29, 0.717) is 27.1 Å². The number of hydrogen-bond donors (Lipinski definition) is 1. The summed E-state index contributed by atoms with van der Waals surface area (Å²) in [6.45, 7) is 1.39. The van der Waals surface area contributed by atoms with Crippen LogP contribution < -0.4 is 9.62 Å². The maximum absolute atomic E-state index is 13.8. The molecule has 1 fully saturated rings. The molecule has 0 radical (unpaired) electrons. The van der Waals surface area contributed by atoms with Crippen LogP contribution in [0.25, 0.3) is 0 Å². The van der Waals surface area contributed by atoms with Crippen LogP contribution in [-0.2, 0) is 26.2 Å². The minimum Gasteiger partial charge on any atom is -0.352 e. The maximum Gasteiger partial charge on any atom is 0.244 e. The molecule has 0 spiro atoms. The number of sulfonamides is 1. The Hall–Kier alpha value is -2.00. The summed E-state index contributed by atoms with van der Waals surface area (Å²) in [6.07, 6.45) is 6.43. The van der Waals surface area contributed by atoms with E-state index in [2.05, 4.69) is 5.32 Å². The molecule has 2 aromatic carbocycles. The van der Waals surface area contributed by atoms with Crippen molar-refractivity contribution >= 4 is 62.3 Å². The number of halogens is 3. The third kappa shape index (κ3) is 8.24. The highest BCUT2D eigenvalue weighted by Crippen LogP contribution is 2.26. The van der Waals surface area contributed by atoms with E-state index < -0.39 is 28.5 Å². The zero-order valence-electron chi connectivity index (χ0n) is 20.9. The third-order valence-electron chi connectivity index (χ3n) is 6.45. The summed E-state index contributed by atoms with van der Waals surface area (Å²) >= 11 is 18.4. The van der Waals surface area contributed by atoms with Gasteiger partial charge in [-0.05, 0) is 55.2 Å². The molecule has 1 saturated carbocycles. The molecule has 7 nitrogen and oxygen atoms in total. The minimum absolute atomic E-state index is 0.0550. The molecule has 3 rings (SSSR count). The monoisotopic (exact) mass is 587 g/mol. The van der Waals surface area contributed by atoms with Crippen molar-refractivity contribution in [2.75, 3.05) is 17.1 Å². The lowest BCUT2D eigenvalue weighted by Gasteiger charge is -2.34. The molecular formula is C26H32Cl3N3O4S. The van der Waals surface area contributed by atoms with E-state index >= 15 is 0 Å². The van der Waals surface area contributed by atoms with Gasteiger partial charge in [-0.3, -0.25) is 13.9 Å². The predicted molar refractivity (Wildman–Crippen MR) is 150 cm³/mol. The number of rotatable bonds is 10. The van der Waals surface area contributed by atoms with Crippen molar-refractivity contribution in [1.82, 2.24) is 10.2 Å². The largest absolute Gasteiger partial charge is 0.352 e. The highest BCUT2D eigenvalue weighted by atomic mass is 35.5. The Morgan fingerprint density at radius 1 is 1.03 bits per heavy atom. The Balaban J connectivity index is 1.93. The first kappa shape index (κ1) is 29.6. The van der Waals surface area contributed by atoms with Gasteiger partial charge in [0, 0.05) is 17.6 Å². The number of carbonyl (C=O) groups excluding carboxylic acids is 2. The number of carbonyl (C=O) groups is 2. The van der Waals surface area contributed by atoms with Crippen LogP contribution in [0.3, 0.4) is 0 Å². The highest BCUT2D eigenvalue weighted by Gasteiger charge is 2.33. The van der Waals surface area contributed by atoms with Crippen LogP contribution in [0.5, 0.6) is 0 Å². The predicted octanol–water partition coefficient (Wildman–Crippen LogP) is 5.67. The molecule has 0 aliphatic heterocycles. The van der Waals surface area contributed by atoms with Crippen molar-refractivity contribution in [2.24, 2.45) is 0 Å². The van der Waals surface area contributed by atoms with Crippen LogP contribution in [0.1, 0.15) is 51.0 Å².